The van der Waals surface area contributed by atoms with Gasteiger partial charge in [-0.3, -0.25) is 13.6 Å². The monoisotopic (exact) mass is 352 g/mol. The van der Waals surface area contributed by atoms with Crippen molar-refractivity contribution < 1.29 is 47.2 Å². The van der Waals surface area contributed by atoms with E-state index in [-0.39, 0.29) is 13.2 Å². The average Bonchev–Trinajstić information content (AvgIpc) is 2.40. The van der Waals surface area contributed by atoms with Gasteiger partial charge in [0.2, 0.25) is 0 Å². The second-order valence-corrected chi connectivity index (χ2v) is 7.34. The zero-order chi connectivity index (χ0) is 16.6. The molecule has 0 aliphatic carbocycles. The molecule has 0 spiro atoms. The summed E-state index contributed by atoms with van der Waals surface area (Å²) in [5, 5.41) is 27.2. The Morgan fingerprint density at radius 2 is 1.33 bits per heavy atom. The SMILES string of the molecule is CCOP(=O)(OCC)OP(=O)(O)OCC(CO)(CO)CO. The van der Waals surface area contributed by atoms with E-state index in [4.69, 9.17) is 15.3 Å². The quantitative estimate of drug-likeness (QED) is 0.360. The molecule has 1 unspecified atom stereocenters. The molecule has 12 heteroatoms. The highest BCUT2D eigenvalue weighted by molar-refractivity contribution is 7.61. The van der Waals surface area contributed by atoms with Crippen LogP contribution in [0.2, 0.25) is 0 Å². The first-order chi connectivity index (χ1) is 9.72. The van der Waals surface area contributed by atoms with Crippen molar-refractivity contribution >= 4 is 15.6 Å². The van der Waals surface area contributed by atoms with Crippen LogP contribution in [0.15, 0.2) is 0 Å². The van der Waals surface area contributed by atoms with Gasteiger partial charge in [0.15, 0.2) is 0 Å². The number of phosphoric acid groups is 2. The van der Waals surface area contributed by atoms with Crippen molar-refractivity contribution in [2.24, 2.45) is 5.41 Å². The van der Waals surface area contributed by atoms with Gasteiger partial charge in [0, 0.05) is 0 Å². The molecular formula is C9H22O10P2. The summed E-state index contributed by atoms with van der Waals surface area (Å²) in [4.78, 5) is 9.49. The minimum atomic E-state index is -4.86. The second-order valence-electron chi connectivity index (χ2n) is 4.08. The van der Waals surface area contributed by atoms with E-state index >= 15 is 0 Å². The molecule has 0 aromatic heterocycles. The van der Waals surface area contributed by atoms with Crippen LogP contribution >= 0.6 is 15.6 Å². The summed E-state index contributed by atoms with van der Waals surface area (Å²) >= 11 is 0. The molecule has 0 saturated heterocycles. The maximum absolute atomic E-state index is 11.9. The van der Waals surface area contributed by atoms with Crippen LogP contribution in [0, 0.1) is 5.41 Å². The van der Waals surface area contributed by atoms with Gasteiger partial charge in [-0.2, -0.15) is 4.31 Å². The van der Waals surface area contributed by atoms with Crippen molar-refractivity contribution in [3.63, 3.8) is 0 Å². The third-order valence-electron chi connectivity index (χ3n) is 2.32. The molecule has 0 rings (SSSR count). The summed E-state index contributed by atoms with van der Waals surface area (Å²) in [6.45, 7) is -0.0322. The Bertz CT molecular complexity index is 364. The van der Waals surface area contributed by atoms with Gasteiger partial charge >= 0.3 is 15.6 Å². The Labute approximate surface area is 122 Å². The zero-order valence-corrected chi connectivity index (χ0v) is 13.7. The maximum Gasteiger partial charge on any atom is 0.483 e. The van der Waals surface area contributed by atoms with E-state index in [2.05, 4.69) is 17.9 Å². The number of aliphatic hydroxyl groups excluding tert-OH is 3. The van der Waals surface area contributed by atoms with Gasteiger partial charge in [0.05, 0.1) is 45.1 Å². The fraction of sp³-hybridized carbons (Fsp3) is 1.00. The minimum absolute atomic E-state index is 0.0921. The molecule has 4 N–H and O–H groups in total. The van der Waals surface area contributed by atoms with Gasteiger partial charge in [0.1, 0.15) is 0 Å². The summed E-state index contributed by atoms with van der Waals surface area (Å²) in [6, 6.07) is 0. The largest absolute Gasteiger partial charge is 0.483 e. The van der Waals surface area contributed by atoms with Crippen LogP contribution in [-0.2, 0) is 27.0 Å². The zero-order valence-electron chi connectivity index (χ0n) is 11.9. The van der Waals surface area contributed by atoms with Crippen molar-refractivity contribution in [2.45, 2.75) is 13.8 Å². The molecule has 0 fully saturated rings. The minimum Gasteiger partial charge on any atom is -0.396 e. The smallest absolute Gasteiger partial charge is 0.396 e. The summed E-state index contributed by atoms with van der Waals surface area (Å²) in [5.74, 6) is 0. The molecule has 1 atom stereocenters. The second kappa shape index (κ2) is 9.32. The van der Waals surface area contributed by atoms with Crippen LogP contribution in [-0.4, -0.2) is 59.9 Å². The van der Waals surface area contributed by atoms with Gasteiger partial charge in [-0.05, 0) is 13.8 Å². The van der Waals surface area contributed by atoms with E-state index in [9.17, 15) is 14.0 Å². The summed E-state index contributed by atoms with van der Waals surface area (Å²) in [7, 11) is -9.13. The lowest BCUT2D eigenvalue weighted by atomic mass is 9.93. The topological polar surface area (TPSA) is 152 Å². The number of hydrogen-bond donors (Lipinski definition) is 4. The van der Waals surface area contributed by atoms with Crippen molar-refractivity contribution in [2.75, 3.05) is 39.6 Å². The number of rotatable bonds is 12. The Balaban J connectivity index is 4.82. The molecule has 0 bridgehead atoms. The first-order valence-electron chi connectivity index (χ1n) is 6.12. The summed E-state index contributed by atoms with van der Waals surface area (Å²) in [6.07, 6.45) is 0. The Kier molecular flexibility index (Phi) is 9.38. The molecule has 21 heavy (non-hydrogen) atoms. The molecule has 0 amide bonds. The first-order valence-corrected chi connectivity index (χ1v) is 9.08. The fourth-order valence-corrected chi connectivity index (χ4v) is 3.78. The summed E-state index contributed by atoms with van der Waals surface area (Å²) in [5.41, 5.74) is -1.54. The summed E-state index contributed by atoms with van der Waals surface area (Å²) < 4.78 is 41.9. The normalized spacial score (nSPS) is 15.9. The van der Waals surface area contributed by atoms with E-state index in [1.54, 1.807) is 0 Å². The van der Waals surface area contributed by atoms with Crippen molar-refractivity contribution in [3.05, 3.63) is 0 Å². The predicted molar refractivity (Wildman–Crippen MR) is 71.4 cm³/mol. The Hall–Kier alpha value is 0.140. The standard InChI is InChI=1S/C9H22O10P2/c1-3-16-21(15,17-4-2)19-20(13,14)18-8-9(5-10,6-11)7-12/h10-12H,3-8H2,1-2H3,(H,13,14). The van der Waals surface area contributed by atoms with Crippen LogP contribution in [0.1, 0.15) is 13.8 Å². The number of hydrogen-bond acceptors (Lipinski definition) is 9. The Morgan fingerprint density at radius 1 is 0.905 bits per heavy atom. The highest BCUT2D eigenvalue weighted by Gasteiger charge is 2.40. The molecule has 0 aliphatic heterocycles. The van der Waals surface area contributed by atoms with Crippen LogP contribution < -0.4 is 0 Å². The van der Waals surface area contributed by atoms with Gasteiger partial charge in [0.25, 0.3) is 0 Å². The predicted octanol–water partition coefficient (Wildman–Crippen LogP) is 0.264. The van der Waals surface area contributed by atoms with E-state index in [0.29, 0.717) is 0 Å². The maximum atomic E-state index is 11.9. The fourth-order valence-electron chi connectivity index (χ4n) is 1.06. The lowest BCUT2D eigenvalue weighted by Gasteiger charge is -2.28. The molecule has 0 saturated carbocycles. The lowest BCUT2D eigenvalue weighted by Crippen LogP contribution is -2.38. The highest BCUT2D eigenvalue weighted by atomic mass is 31.3. The van der Waals surface area contributed by atoms with Gasteiger partial charge in [-0.25, -0.2) is 9.13 Å². The molecule has 0 aromatic carbocycles. The molecule has 10 nitrogen and oxygen atoms in total. The first kappa shape index (κ1) is 21.1. The third-order valence-corrected chi connectivity index (χ3v) is 5.55. The van der Waals surface area contributed by atoms with Gasteiger partial charge in [-0.1, -0.05) is 0 Å². The van der Waals surface area contributed by atoms with Crippen molar-refractivity contribution in [1.82, 2.24) is 0 Å². The van der Waals surface area contributed by atoms with Crippen molar-refractivity contribution in [1.29, 1.82) is 0 Å². The third kappa shape index (κ3) is 7.30. The average molecular weight is 352 g/mol. The van der Waals surface area contributed by atoms with Crippen molar-refractivity contribution in [3.8, 4) is 0 Å². The highest BCUT2D eigenvalue weighted by Crippen LogP contribution is 2.63. The molecule has 0 aromatic rings. The lowest BCUT2D eigenvalue weighted by molar-refractivity contribution is -0.0320. The van der Waals surface area contributed by atoms with E-state index in [0.717, 1.165) is 0 Å². The van der Waals surface area contributed by atoms with E-state index in [1.807, 2.05) is 0 Å². The van der Waals surface area contributed by atoms with E-state index in [1.165, 1.54) is 13.8 Å². The van der Waals surface area contributed by atoms with Crippen LogP contribution in [0.4, 0.5) is 0 Å². The van der Waals surface area contributed by atoms with Crippen LogP contribution in [0.25, 0.3) is 0 Å². The number of phosphoric ester groups is 2. The van der Waals surface area contributed by atoms with Gasteiger partial charge < -0.3 is 20.2 Å². The molecule has 0 heterocycles. The van der Waals surface area contributed by atoms with Crippen LogP contribution in [0.3, 0.4) is 0 Å². The van der Waals surface area contributed by atoms with E-state index < -0.39 is 47.5 Å². The Morgan fingerprint density at radius 3 is 1.67 bits per heavy atom. The van der Waals surface area contributed by atoms with Gasteiger partial charge in [-0.15, -0.1) is 0 Å². The van der Waals surface area contributed by atoms with Crippen LogP contribution in [0.5, 0.6) is 0 Å². The molecule has 0 radical (unpaired) electrons. The number of aliphatic hydroxyl groups is 3. The molecular weight excluding hydrogens is 330 g/mol. The molecule has 0 aliphatic rings. The molecule has 128 valence electrons.